The molecule has 3 aliphatic rings. The molecule has 2 aliphatic carbocycles. The third kappa shape index (κ3) is 3.95. The van der Waals surface area contributed by atoms with Gasteiger partial charge in [-0.1, -0.05) is 54.6 Å². The fourth-order valence-corrected chi connectivity index (χ4v) is 4.95. The highest BCUT2D eigenvalue weighted by Gasteiger charge is 2.35. The van der Waals surface area contributed by atoms with Gasteiger partial charge in [0, 0.05) is 37.0 Å². The van der Waals surface area contributed by atoms with Crippen LogP contribution in [0.3, 0.4) is 0 Å². The van der Waals surface area contributed by atoms with Crippen LogP contribution in [0.2, 0.25) is 0 Å². The molecular formula is C27H30N6O. The monoisotopic (exact) mass is 454 g/mol. The van der Waals surface area contributed by atoms with E-state index < -0.39 is 0 Å². The molecule has 2 N–H and O–H groups in total. The number of allylic oxidation sites excluding steroid dienone is 4. The van der Waals surface area contributed by atoms with Crippen LogP contribution in [0.4, 0.5) is 5.95 Å². The Hall–Kier alpha value is -3.29. The summed E-state index contributed by atoms with van der Waals surface area (Å²) in [6.45, 7) is 3.16. The van der Waals surface area contributed by atoms with Gasteiger partial charge in [-0.25, -0.2) is 9.50 Å². The molecule has 7 nitrogen and oxygen atoms in total. The average Bonchev–Trinajstić information content (AvgIpc) is 3.03. The van der Waals surface area contributed by atoms with Crippen LogP contribution in [0.25, 0.3) is 22.5 Å². The Morgan fingerprint density at radius 2 is 1.85 bits per heavy atom. The van der Waals surface area contributed by atoms with E-state index in [1.807, 2.05) is 10.6 Å². The summed E-state index contributed by atoms with van der Waals surface area (Å²) < 4.78 is 7.41. The lowest BCUT2D eigenvalue weighted by molar-refractivity contribution is 0.152. The number of nitrogens with zero attached hydrogens (tertiary/aromatic N) is 5. The van der Waals surface area contributed by atoms with Gasteiger partial charge in [-0.15, -0.1) is 5.10 Å². The molecule has 1 aromatic carbocycles. The lowest BCUT2D eigenvalue weighted by Crippen LogP contribution is -2.47. The van der Waals surface area contributed by atoms with Crippen LogP contribution in [0.5, 0.6) is 0 Å². The van der Waals surface area contributed by atoms with Crippen molar-refractivity contribution in [3.63, 3.8) is 0 Å². The van der Waals surface area contributed by atoms with Gasteiger partial charge < -0.3 is 15.4 Å². The van der Waals surface area contributed by atoms with E-state index in [0.29, 0.717) is 18.3 Å². The number of anilines is 1. The summed E-state index contributed by atoms with van der Waals surface area (Å²) in [6, 6.07) is 10.4. The third-order valence-corrected chi connectivity index (χ3v) is 7.13. The number of fused-ring (bicyclic) bond motifs is 1. The fourth-order valence-electron chi connectivity index (χ4n) is 4.95. The van der Waals surface area contributed by atoms with E-state index in [0.717, 1.165) is 67.8 Å². The second-order valence-electron chi connectivity index (χ2n) is 9.41. The van der Waals surface area contributed by atoms with Gasteiger partial charge in [0.15, 0.2) is 0 Å². The third-order valence-electron chi connectivity index (χ3n) is 7.13. The van der Waals surface area contributed by atoms with E-state index in [-0.39, 0.29) is 5.54 Å². The van der Waals surface area contributed by atoms with Gasteiger partial charge in [0.05, 0.1) is 12.3 Å². The second kappa shape index (κ2) is 8.81. The first-order chi connectivity index (χ1) is 16.7. The summed E-state index contributed by atoms with van der Waals surface area (Å²) in [5.41, 5.74) is 11.9. The largest absolute Gasteiger partial charge is 0.380 e. The first kappa shape index (κ1) is 21.3. The molecule has 2 fully saturated rings. The normalized spacial score (nSPS) is 20.3. The molecule has 3 heterocycles. The van der Waals surface area contributed by atoms with Crippen molar-refractivity contribution in [3.8, 4) is 11.1 Å². The number of aromatic nitrogens is 4. The summed E-state index contributed by atoms with van der Waals surface area (Å²) >= 11 is 0. The van der Waals surface area contributed by atoms with Crippen LogP contribution in [0.15, 0.2) is 66.4 Å². The van der Waals surface area contributed by atoms with Crippen LogP contribution in [0, 0.1) is 0 Å². The maximum absolute atomic E-state index is 6.61. The SMILES string of the molecule is NC1(C2=CC=C(c3nc4nc(N5CCCOCC5)nn4cc3-c3ccccc3)CC=C2)CCC1. The molecule has 174 valence electrons. The van der Waals surface area contributed by atoms with Gasteiger partial charge in [-0.2, -0.15) is 4.98 Å². The summed E-state index contributed by atoms with van der Waals surface area (Å²) in [5, 5.41) is 4.78. The number of ether oxygens (including phenoxy) is 1. The Morgan fingerprint density at radius 3 is 2.68 bits per heavy atom. The van der Waals surface area contributed by atoms with E-state index in [1.165, 1.54) is 12.0 Å². The van der Waals surface area contributed by atoms with E-state index >= 15 is 0 Å². The van der Waals surface area contributed by atoms with Crippen molar-refractivity contribution in [1.82, 2.24) is 19.6 Å². The minimum absolute atomic E-state index is 0.180. The minimum Gasteiger partial charge on any atom is -0.380 e. The Labute approximate surface area is 199 Å². The van der Waals surface area contributed by atoms with Gasteiger partial charge >= 0.3 is 0 Å². The Morgan fingerprint density at radius 1 is 0.971 bits per heavy atom. The quantitative estimate of drug-likeness (QED) is 0.637. The van der Waals surface area contributed by atoms with Crippen molar-refractivity contribution in [3.05, 3.63) is 72.1 Å². The molecule has 34 heavy (non-hydrogen) atoms. The highest BCUT2D eigenvalue weighted by molar-refractivity contribution is 5.81. The van der Waals surface area contributed by atoms with Crippen LogP contribution in [-0.2, 0) is 4.74 Å². The maximum Gasteiger partial charge on any atom is 0.254 e. The predicted octanol–water partition coefficient (Wildman–Crippen LogP) is 4.17. The van der Waals surface area contributed by atoms with Crippen molar-refractivity contribution in [1.29, 1.82) is 0 Å². The average molecular weight is 455 g/mol. The van der Waals surface area contributed by atoms with Crippen molar-refractivity contribution in [2.75, 3.05) is 31.2 Å². The van der Waals surface area contributed by atoms with Crippen molar-refractivity contribution in [2.45, 2.75) is 37.6 Å². The zero-order chi connectivity index (χ0) is 23.0. The first-order valence-electron chi connectivity index (χ1n) is 12.2. The molecular weight excluding hydrogens is 424 g/mol. The van der Waals surface area contributed by atoms with Crippen molar-refractivity contribution in [2.24, 2.45) is 5.73 Å². The molecule has 0 atom stereocenters. The number of hydrogen-bond donors (Lipinski definition) is 1. The van der Waals surface area contributed by atoms with Gasteiger partial charge in [-0.3, -0.25) is 0 Å². The molecule has 1 aliphatic heterocycles. The van der Waals surface area contributed by atoms with E-state index in [9.17, 15) is 0 Å². The van der Waals surface area contributed by atoms with Gasteiger partial charge in [0.1, 0.15) is 0 Å². The number of benzene rings is 1. The van der Waals surface area contributed by atoms with Crippen LogP contribution in [0.1, 0.15) is 37.8 Å². The Bertz CT molecular complexity index is 1280. The molecule has 0 spiro atoms. The summed E-state index contributed by atoms with van der Waals surface area (Å²) in [5.74, 6) is 1.32. The first-order valence-corrected chi connectivity index (χ1v) is 12.2. The topological polar surface area (TPSA) is 81.6 Å². The zero-order valence-corrected chi connectivity index (χ0v) is 19.4. The highest BCUT2D eigenvalue weighted by atomic mass is 16.5. The lowest BCUT2D eigenvalue weighted by atomic mass is 9.72. The zero-order valence-electron chi connectivity index (χ0n) is 19.4. The van der Waals surface area contributed by atoms with E-state index in [1.54, 1.807) is 0 Å². The standard InChI is InChI=1S/C27H30N6O/c28-27(13-5-14-27)22-10-4-9-21(11-12-22)24-23(20-7-2-1-3-8-20)19-33-25(29-24)30-26(31-33)32-15-6-17-34-18-16-32/h1-4,7-8,10-12,19H,5-6,9,13-18,28H2. The maximum atomic E-state index is 6.61. The number of nitrogens with two attached hydrogens (primary N) is 1. The Balaban J connectivity index is 1.45. The second-order valence-corrected chi connectivity index (χ2v) is 9.41. The van der Waals surface area contributed by atoms with Crippen molar-refractivity contribution < 1.29 is 4.74 Å². The van der Waals surface area contributed by atoms with Crippen LogP contribution < -0.4 is 10.6 Å². The summed E-state index contributed by atoms with van der Waals surface area (Å²) in [7, 11) is 0. The van der Waals surface area contributed by atoms with Gasteiger partial charge in [0.2, 0.25) is 5.95 Å². The molecule has 3 aromatic rings. The summed E-state index contributed by atoms with van der Waals surface area (Å²) in [6.07, 6.45) is 15.9. The highest BCUT2D eigenvalue weighted by Crippen LogP contribution is 2.38. The molecule has 0 amide bonds. The van der Waals surface area contributed by atoms with Crippen LogP contribution >= 0.6 is 0 Å². The number of rotatable bonds is 4. The van der Waals surface area contributed by atoms with E-state index in [4.69, 9.17) is 25.5 Å². The molecule has 0 bridgehead atoms. The molecule has 1 saturated heterocycles. The fraction of sp³-hybridized carbons (Fsp3) is 0.370. The predicted molar refractivity (Wildman–Crippen MR) is 134 cm³/mol. The molecule has 7 heteroatoms. The number of hydrogen-bond acceptors (Lipinski definition) is 6. The summed E-state index contributed by atoms with van der Waals surface area (Å²) in [4.78, 5) is 12.0. The van der Waals surface area contributed by atoms with Crippen molar-refractivity contribution >= 4 is 17.3 Å². The smallest absolute Gasteiger partial charge is 0.254 e. The molecule has 0 unspecified atom stereocenters. The minimum atomic E-state index is -0.180. The van der Waals surface area contributed by atoms with Gasteiger partial charge in [0.25, 0.3) is 5.78 Å². The van der Waals surface area contributed by atoms with Gasteiger partial charge in [-0.05, 0) is 48.8 Å². The Kier molecular flexibility index (Phi) is 5.51. The van der Waals surface area contributed by atoms with E-state index in [2.05, 4.69) is 59.7 Å². The molecule has 6 rings (SSSR count). The molecule has 1 saturated carbocycles. The molecule has 0 radical (unpaired) electrons. The lowest BCUT2D eigenvalue weighted by Gasteiger charge is -2.39. The van der Waals surface area contributed by atoms with Crippen LogP contribution in [-0.4, -0.2) is 51.4 Å². The molecule has 2 aromatic heterocycles.